The summed E-state index contributed by atoms with van der Waals surface area (Å²) in [4.78, 5) is 0.192. The van der Waals surface area contributed by atoms with Crippen molar-refractivity contribution in [2.45, 2.75) is 6.10 Å². The molecule has 0 radical (unpaired) electrons. The van der Waals surface area contributed by atoms with E-state index in [1.54, 1.807) is 0 Å². The van der Waals surface area contributed by atoms with Gasteiger partial charge >= 0.3 is 0 Å². The molecule has 9 heteroatoms. The Hall–Kier alpha value is -0.320. The maximum Gasteiger partial charge on any atom is 0.282 e. The molecule has 2 rings (SSSR count). The number of hydrogen-bond donors (Lipinski definition) is 1. The second-order valence-corrected chi connectivity index (χ2v) is 6.54. The molecule has 0 bridgehead atoms. The lowest BCUT2D eigenvalue weighted by atomic mass is 10.3. The Morgan fingerprint density at radius 2 is 1.78 bits per heavy atom. The minimum atomic E-state index is -3.46. The van der Waals surface area contributed by atoms with Crippen LogP contribution in [-0.2, 0) is 19.7 Å². The third kappa shape index (κ3) is 2.98. The maximum atomic E-state index is 12.4. The Morgan fingerprint density at radius 1 is 1.17 bits per heavy atom. The second kappa shape index (κ2) is 5.76. The van der Waals surface area contributed by atoms with E-state index in [1.165, 1.54) is 8.61 Å². The molecule has 2 aliphatic rings. The number of thiocarbonyl (C=S) groups is 1. The zero-order valence-corrected chi connectivity index (χ0v) is 11.6. The summed E-state index contributed by atoms with van der Waals surface area (Å²) >= 11 is 4.85. The molecule has 18 heavy (non-hydrogen) atoms. The lowest BCUT2D eigenvalue weighted by Gasteiger charge is -2.36. The number of nitrogens with two attached hydrogens (primary N) is 1. The van der Waals surface area contributed by atoms with E-state index in [0.29, 0.717) is 39.5 Å². The van der Waals surface area contributed by atoms with Crippen LogP contribution in [0.5, 0.6) is 0 Å². The van der Waals surface area contributed by atoms with Crippen LogP contribution in [0.1, 0.15) is 0 Å². The summed E-state index contributed by atoms with van der Waals surface area (Å²) in [5.41, 5.74) is 5.50. The van der Waals surface area contributed by atoms with Gasteiger partial charge in [0.15, 0.2) is 0 Å². The van der Waals surface area contributed by atoms with Gasteiger partial charge in [-0.05, 0) is 0 Å². The first-order valence-electron chi connectivity index (χ1n) is 5.75. The molecule has 0 aromatic carbocycles. The van der Waals surface area contributed by atoms with Gasteiger partial charge in [0.2, 0.25) is 0 Å². The van der Waals surface area contributed by atoms with E-state index < -0.39 is 16.3 Å². The van der Waals surface area contributed by atoms with Crippen LogP contribution >= 0.6 is 12.2 Å². The molecule has 2 N–H and O–H groups in total. The topological polar surface area (TPSA) is 85.1 Å². The van der Waals surface area contributed by atoms with Crippen molar-refractivity contribution in [1.29, 1.82) is 0 Å². The standard InChI is InChI=1S/C9H17N3O4S2/c10-9(17)8-7-12(3-6-16-8)18(13,14)11-1-4-15-5-2-11/h8H,1-7H2,(H2,10,17). The Labute approximate surface area is 112 Å². The van der Waals surface area contributed by atoms with Crippen LogP contribution in [0.15, 0.2) is 0 Å². The van der Waals surface area contributed by atoms with Crippen LogP contribution in [0.2, 0.25) is 0 Å². The maximum absolute atomic E-state index is 12.4. The molecule has 2 aliphatic heterocycles. The van der Waals surface area contributed by atoms with Crippen molar-refractivity contribution in [3.63, 3.8) is 0 Å². The van der Waals surface area contributed by atoms with E-state index in [4.69, 9.17) is 27.4 Å². The number of ether oxygens (including phenoxy) is 2. The van der Waals surface area contributed by atoms with Crippen molar-refractivity contribution in [3.8, 4) is 0 Å². The van der Waals surface area contributed by atoms with Crippen LogP contribution in [0.3, 0.4) is 0 Å². The quantitative estimate of drug-likeness (QED) is 0.641. The smallest absolute Gasteiger partial charge is 0.282 e. The van der Waals surface area contributed by atoms with E-state index in [-0.39, 0.29) is 11.5 Å². The van der Waals surface area contributed by atoms with Crippen LogP contribution < -0.4 is 5.73 Å². The number of hydrogen-bond acceptors (Lipinski definition) is 5. The van der Waals surface area contributed by atoms with Crippen LogP contribution in [-0.4, -0.2) is 74.1 Å². The van der Waals surface area contributed by atoms with Crippen molar-refractivity contribution in [2.24, 2.45) is 5.73 Å². The Kier molecular flexibility index (Phi) is 4.51. The van der Waals surface area contributed by atoms with Crippen molar-refractivity contribution in [1.82, 2.24) is 8.61 Å². The SMILES string of the molecule is NC(=S)C1CN(S(=O)(=O)N2CCOCC2)CCO1. The Morgan fingerprint density at radius 3 is 2.39 bits per heavy atom. The monoisotopic (exact) mass is 295 g/mol. The van der Waals surface area contributed by atoms with Gasteiger partial charge in [0, 0.05) is 26.2 Å². The normalized spacial score (nSPS) is 28.1. The number of rotatable bonds is 3. The van der Waals surface area contributed by atoms with Gasteiger partial charge in [-0.15, -0.1) is 0 Å². The zero-order chi connectivity index (χ0) is 13.2. The zero-order valence-electron chi connectivity index (χ0n) is 9.95. The predicted octanol–water partition coefficient (Wildman–Crippen LogP) is -1.45. The number of morpholine rings is 2. The molecular formula is C9H17N3O4S2. The highest BCUT2D eigenvalue weighted by molar-refractivity contribution is 7.86. The molecule has 0 aromatic heterocycles. The summed E-state index contributed by atoms with van der Waals surface area (Å²) in [6.45, 7) is 2.47. The first kappa shape index (κ1) is 14.1. The largest absolute Gasteiger partial charge is 0.391 e. The van der Waals surface area contributed by atoms with Crippen molar-refractivity contribution >= 4 is 27.4 Å². The summed E-state index contributed by atoms with van der Waals surface area (Å²) in [5.74, 6) is 0. The number of nitrogens with zero attached hydrogens (tertiary/aromatic N) is 2. The first-order chi connectivity index (χ1) is 8.51. The molecule has 2 saturated heterocycles. The summed E-state index contributed by atoms with van der Waals surface area (Å²) in [5, 5.41) is 0. The van der Waals surface area contributed by atoms with Gasteiger partial charge in [-0.25, -0.2) is 0 Å². The minimum Gasteiger partial charge on any atom is -0.391 e. The average Bonchev–Trinajstić information content (AvgIpc) is 2.40. The molecule has 1 atom stereocenters. The first-order valence-corrected chi connectivity index (χ1v) is 7.56. The molecular weight excluding hydrogens is 278 g/mol. The van der Waals surface area contributed by atoms with Gasteiger partial charge in [-0.2, -0.15) is 17.0 Å². The molecule has 2 heterocycles. The molecule has 2 fully saturated rings. The van der Waals surface area contributed by atoms with E-state index in [2.05, 4.69) is 0 Å². The Balaban J connectivity index is 2.06. The highest BCUT2D eigenvalue weighted by Crippen LogP contribution is 2.15. The van der Waals surface area contributed by atoms with Gasteiger partial charge in [-0.3, -0.25) is 0 Å². The lowest BCUT2D eigenvalue weighted by molar-refractivity contribution is 0.0313. The van der Waals surface area contributed by atoms with Gasteiger partial charge in [-0.1, -0.05) is 12.2 Å². The van der Waals surface area contributed by atoms with Crippen molar-refractivity contribution in [2.75, 3.05) is 46.0 Å². The van der Waals surface area contributed by atoms with E-state index >= 15 is 0 Å². The lowest BCUT2D eigenvalue weighted by Crippen LogP contribution is -2.55. The fourth-order valence-electron chi connectivity index (χ4n) is 1.95. The third-order valence-electron chi connectivity index (χ3n) is 2.97. The molecule has 0 aliphatic carbocycles. The van der Waals surface area contributed by atoms with E-state index in [9.17, 15) is 8.42 Å². The minimum absolute atomic E-state index is 0.190. The predicted molar refractivity (Wildman–Crippen MR) is 69.4 cm³/mol. The fourth-order valence-corrected chi connectivity index (χ4v) is 3.66. The average molecular weight is 295 g/mol. The van der Waals surface area contributed by atoms with Gasteiger partial charge in [0.05, 0.1) is 19.8 Å². The molecule has 0 aromatic rings. The van der Waals surface area contributed by atoms with Gasteiger partial charge in [0.1, 0.15) is 11.1 Å². The van der Waals surface area contributed by atoms with Gasteiger partial charge in [0.25, 0.3) is 10.2 Å². The third-order valence-corrected chi connectivity index (χ3v) is 5.23. The van der Waals surface area contributed by atoms with Crippen molar-refractivity contribution < 1.29 is 17.9 Å². The molecule has 0 spiro atoms. The van der Waals surface area contributed by atoms with Gasteiger partial charge < -0.3 is 15.2 Å². The Bertz CT molecular complexity index is 408. The van der Waals surface area contributed by atoms with Crippen LogP contribution in [0.4, 0.5) is 0 Å². The van der Waals surface area contributed by atoms with E-state index in [0.717, 1.165) is 0 Å². The molecule has 1 unspecified atom stereocenters. The molecule has 7 nitrogen and oxygen atoms in total. The fraction of sp³-hybridized carbons (Fsp3) is 0.889. The van der Waals surface area contributed by atoms with Crippen molar-refractivity contribution in [3.05, 3.63) is 0 Å². The highest BCUT2D eigenvalue weighted by Gasteiger charge is 2.35. The summed E-state index contributed by atoms with van der Waals surface area (Å²) < 4.78 is 38.0. The molecule has 0 amide bonds. The molecule has 0 saturated carbocycles. The summed E-state index contributed by atoms with van der Waals surface area (Å²) in [6, 6.07) is 0. The van der Waals surface area contributed by atoms with E-state index in [1.807, 2.05) is 0 Å². The van der Waals surface area contributed by atoms with Crippen LogP contribution in [0.25, 0.3) is 0 Å². The van der Waals surface area contributed by atoms with Crippen LogP contribution in [0, 0.1) is 0 Å². The second-order valence-electron chi connectivity index (χ2n) is 4.14. The summed E-state index contributed by atoms with van der Waals surface area (Å²) in [6.07, 6.45) is -0.496. The highest BCUT2D eigenvalue weighted by atomic mass is 32.2. The summed E-state index contributed by atoms with van der Waals surface area (Å²) in [7, 11) is -3.46. The molecule has 104 valence electrons.